The molecule has 0 radical (unpaired) electrons. The number of benzene rings is 1. The van der Waals surface area contributed by atoms with E-state index in [0.717, 1.165) is 28.2 Å². The van der Waals surface area contributed by atoms with Crippen molar-refractivity contribution in [1.82, 2.24) is 14.8 Å². The number of nitrogens with one attached hydrogen (secondary N) is 2. The van der Waals surface area contributed by atoms with E-state index < -0.39 is 0 Å². The maximum atomic E-state index is 12.7. The highest BCUT2D eigenvalue weighted by atomic mass is 16.1. The topological polar surface area (TPSA) is 62.7 Å². The molecule has 2 heterocycles. The summed E-state index contributed by atoms with van der Waals surface area (Å²) in [5, 5.41) is 8.31. The second-order valence-electron chi connectivity index (χ2n) is 6.41. The number of hydrogen-bond acceptors (Lipinski definition) is 2. The molecule has 1 unspecified atom stereocenters. The van der Waals surface area contributed by atoms with E-state index in [-0.39, 0.29) is 5.91 Å². The molecule has 0 bridgehead atoms. The Morgan fingerprint density at radius 3 is 2.96 bits per heavy atom. The van der Waals surface area contributed by atoms with Gasteiger partial charge in [-0.25, -0.2) is 0 Å². The number of aromatic nitrogens is 3. The molecule has 0 aliphatic heterocycles. The average molecular weight is 308 g/mol. The molecule has 0 saturated heterocycles. The monoisotopic (exact) mass is 308 g/mol. The number of amides is 1. The number of rotatable bonds is 4. The van der Waals surface area contributed by atoms with Crippen LogP contribution in [-0.4, -0.2) is 20.7 Å². The summed E-state index contributed by atoms with van der Waals surface area (Å²) in [4.78, 5) is 15.9. The first-order valence-corrected chi connectivity index (χ1v) is 8.06. The molecule has 3 aromatic rings. The molecule has 1 atom stereocenters. The summed E-state index contributed by atoms with van der Waals surface area (Å²) in [7, 11) is 0. The number of hydrogen-bond donors (Lipinski definition) is 2. The first kappa shape index (κ1) is 14.1. The van der Waals surface area contributed by atoms with E-state index in [2.05, 4.69) is 22.3 Å². The lowest BCUT2D eigenvalue weighted by Crippen LogP contribution is -2.12. The Labute approximate surface area is 134 Å². The number of nitrogens with zero attached hydrogens (tertiary/aromatic N) is 2. The number of H-pyrrole nitrogens is 1. The predicted molar refractivity (Wildman–Crippen MR) is 90.7 cm³/mol. The lowest BCUT2D eigenvalue weighted by Gasteiger charge is -2.09. The molecule has 1 amide bonds. The van der Waals surface area contributed by atoms with Gasteiger partial charge in [0.1, 0.15) is 0 Å². The summed E-state index contributed by atoms with van der Waals surface area (Å²) in [6, 6.07) is 8.25. The molecule has 1 fully saturated rings. The van der Waals surface area contributed by atoms with E-state index in [0.29, 0.717) is 11.6 Å². The van der Waals surface area contributed by atoms with Gasteiger partial charge in [-0.1, -0.05) is 18.2 Å². The smallest absolute Gasteiger partial charge is 0.258 e. The fourth-order valence-electron chi connectivity index (χ4n) is 3.18. The molecule has 0 spiro atoms. The van der Waals surface area contributed by atoms with Crippen molar-refractivity contribution in [3.8, 4) is 0 Å². The average Bonchev–Trinajstić information content (AvgIpc) is 3.19. The second kappa shape index (κ2) is 5.26. The number of para-hydroxylation sites is 1. The minimum atomic E-state index is -0.0985. The van der Waals surface area contributed by atoms with Gasteiger partial charge in [0.15, 0.2) is 0 Å². The predicted octanol–water partition coefficient (Wildman–Crippen LogP) is 3.90. The van der Waals surface area contributed by atoms with Gasteiger partial charge in [0.05, 0.1) is 23.5 Å². The zero-order valence-corrected chi connectivity index (χ0v) is 13.3. The Bertz CT molecular complexity index is 872. The number of aryl methyl sites for hydroxylation is 1. The van der Waals surface area contributed by atoms with Crippen LogP contribution in [0.15, 0.2) is 36.7 Å². The van der Waals surface area contributed by atoms with E-state index in [1.807, 2.05) is 42.1 Å². The molecule has 5 heteroatoms. The first-order chi connectivity index (χ1) is 11.1. The number of carbonyl (C=O) groups is 1. The van der Waals surface area contributed by atoms with E-state index in [1.54, 1.807) is 6.20 Å². The molecule has 2 aromatic heterocycles. The van der Waals surface area contributed by atoms with Gasteiger partial charge in [-0.05, 0) is 38.7 Å². The molecule has 23 heavy (non-hydrogen) atoms. The number of aromatic amines is 1. The summed E-state index contributed by atoms with van der Waals surface area (Å²) in [6.07, 6.45) is 6.19. The lowest BCUT2D eigenvalue weighted by atomic mass is 10.1. The summed E-state index contributed by atoms with van der Waals surface area (Å²) < 4.78 is 1.95. The largest absolute Gasteiger partial charge is 0.358 e. The number of carbonyl (C=O) groups excluding carboxylic acids is 1. The Hall–Kier alpha value is -2.56. The van der Waals surface area contributed by atoms with Crippen molar-refractivity contribution in [3.63, 3.8) is 0 Å². The molecule has 2 N–H and O–H groups in total. The molecular weight excluding hydrogens is 288 g/mol. The highest BCUT2D eigenvalue weighted by molar-refractivity contribution is 6.13. The van der Waals surface area contributed by atoms with Crippen LogP contribution in [0.2, 0.25) is 0 Å². The van der Waals surface area contributed by atoms with Gasteiger partial charge in [0, 0.05) is 22.8 Å². The van der Waals surface area contributed by atoms with Gasteiger partial charge >= 0.3 is 0 Å². The van der Waals surface area contributed by atoms with E-state index >= 15 is 0 Å². The number of anilines is 1. The van der Waals surface area contributed by atoms with E-state index in [9.17, 15) is 4.79 Å². The fourth-order valence-corrected chi connectivity index (χ4v) is 3.18. The molecule has 1 aromatic carbocycles. The highest BCUT2D eigenvalue weighted by Gasteiger charge is 2.29. The van der Waals surface area contributed by atoms with Crippen molar-refractivity contribution >= 4 is 22.5 Å². The molecule has 1 saturated carbocycles. The Kier molecular flexibility index (Phi) is 3.22. The van der Waals surface area contributed by atoms with Crippen LogP contribution < -0.4 is 5.32 Å². The second-order valence-corrected chi connectivity index (χ2v) is 6.41. The van der Waals surface area contributed by atoms with E-state index in [1.165, 1.54) is 12.8 Å². The highest BCUT2D eigenvalue weighted by Crippen LogP contribution is 2.39. The maximum absolute atomic E-state index is 12.7. The SMILES string of the molecule is Cc1[nH]c2ccccc2c1C(=O)Nc1cnn(C(C)C2CC2)c1. The van der Waals surface area contributed by atoms with Gasteiger partial charge in [-0.2, -0.15) is 5.10 Å². The standard InChI is InChI=1S/C18H20N4O/c1-11-17(15-5-3-4-6-16(15)20-11)18(23)21-14-9-19-22(10-14)12(2)13-7-8-13/h3-6,9-10,12-13,20H,7-8H2,1-2H3,(H,21,23). The van der Waals surface area contributed by atoms with Crippen molar-refractivity contribution in [1.29, 1.82) is 0 Å². The van der Waals surface area contributed by atoms with Gasteiger partial charge < -0.3 is 10.3 Å². The summed E-state index contributed by atoms with van der Waals surface area (Å²) in [5.74, 6) is 0.632. The fraction of sp³-hybridized carbons (Fsp3) is 0.333. The van der Waals surface area contributed by atoms with Crippen molar-refractivity contribution in [2.24, 2.45) is 5.92 Å². The molecule has 5 nitrogen and oxygen atoms in total. The third-order valence-corrected chi connectivity index (χ3v) is 4.70. The van der Waals surface area contributed by atoms with E-state index in [4.69, 9.17) is 0 Å². The quantitative estimate of drug-likeness (QED) is 0.768. The summed E-state index contributed by atoms with van der Waals surface area (Å²) >= 11 is 0. The van der Waals surface area contributed by atoms with Crippen LogP contribution in [0, 0.1) is 12.8 Å². The minimum absolute atomic E-state index is 0.0985. The van der Waals surface area contributed by atoms with Crippen LogP contribution in [0.4, 0.5) is 5.69 Å². The summed E-state index contributed by atoms with van der Waals surface area (Å²) in [6.45, 7) is 4.10. The number of fused-ring (bicyclic) bond motifs is 1. The third kappa shape index (κ3) is 2.52. The normalized spacial score (nSPS) is 15.7. The van der Waals surface area contributed by atoms with Crippen LogP contribution in [0.1, 0.15) is 41.9 Å². The maximum Gasteiger partial charge on any atom is 0.258 e. The zero-order valence-electron chi connectivity index (χ0n) is 13.3. The minimum Gasteiger partial charge on any atom is -0.358 e. The third-order valence-electron chi connectivity index (χ3n) is 4.70. The first-order valence-electron chi connectivity index (χ1n) is 8.06. The van der Waals surface area contributed by atoms with Crippen molar-refractivity contribution in [3.05, 3.63) is 47.9 Å². The molecule has 118 valence electrons. The molecule has 1 aliphatic rings. The molecule has 1 aliphatic carbocycles. The van der Waals surface area contributed by atoms with Crippen molar-refractivity contribution < 1.29 is 4.79 Å². The van der Waals surface area contributed by atoms with Crippen molar-refractivity contribution in [2.75, 3.05) is 5.32 Å². The Morgan fingerprint density at radius 2 is 2.17 bits per heavy atom. The van der Waals surface area contributed by atoms with Crippen LogP contribution in [0.5, 0.6) is 0 Å². The lowest BCUT2D eigenvalue weighted by molar-refractivity contribution is 0.102. The summed E-state index contributed by atoms with van der Waals surface area (Å²) in [5.41, 5.74) is 3.30. The van der Waals surface area contributed by atoms with Gasteiger partial charge in [0.25, 0.3) is 5.91 Å². The van der Waals surface area contributed by atoms with Crippen LogP contribution in [0.3, 0.4) is 0 Å². The van der Waals surface area contributed by atoms with Crippen LogP contribution in [0.25, 0.3) is 10.9 Å². The van der Waals surface area contributed by atoms with Gasteiger partial charge in [0.2, 0.25) is 0 Å². The Morgan fingerprint density at radius 1 is 1.39 bits per heavy atom. The molecule has 4 rings (SSSR count). The van der Waals surface area contributed by atoms with Crippen LogP contribution >= 0.6 is 0 Å². The van der Waals surface area contributed by atoms with Gasteiger partial charge in [-0.3, -0.25) is 9.48 Å². The Balaban J connectivity index is 1.58. The van der Waals surface area contributed by atoms with Crippen LogP contribution in [-0.2, 0) is 0 Å². The van der Waals surface area contributed by atoms with Crippen molar-refractivity contribution in [2.45, 2.75) is 32.7 Å². The molecular formula is C18H20N4O. The zero-order chi connectivity index (χ0) is 16.0. The van der Waals surface area contributed by atoms with Gasteiger partial charge in [-0.15, -0.1) is 0 Å².